The Morgan fingerprint density at radius 2 is 1.65 bits per heavy atom. The Morgan fingerprint density at radius 3 is 2.26 bits per heavy atom. The summed E-state index contributed by atoms with van der Waals surface area (Å²) in [5, 5.41) is 2.81. The number of ether oxygens (including phenoxy) is 1. The number of benzene rings is 2. The number of allylic oxidation sites excluding steroid dienone is 1. The van der Waals surface area contributed by atoms with Crippen LogP contribution in [0, 0.1) is 5.82 Å². The maximum Gasteiger partial charge on any atom is 0.462 e. The van der Waals surface area contributed by atoms with Crippen molar-refractivity contribution in [1.82, 2.24) is 5.43 Å². The highest BCUT2D eigenvalue weighted by Crippen LogP contribution is 2.45. The summed E-state index contributed by atoms with van der Waals surface area (Å²) < 4.78 is 108. The van der Waals surface area contributed by atoms with Crippen molar-refractivity contribution in [3.8, 4) is 5.75 Å². The van der Waals surface area contributed by atoms with Gasteiger partial charge in [0.2, 0.25) is 0 Å². The Kier molecular flexibility index (Phi) is 7.29. The van der Waals surface area contributed by atoms with Crippen molar-refractivity contribution in [2.45, 2.75) is 31.2 Å². The summed E-state index contributed by atoms with van der Waals surface area (Å²) in [6.07, 6.45) is -4.09. The first kappa shape index (κ1) is 24.2. The zero-order valence-corrected chi connectivity index (χ0v) is 15.7. The van der Waals surface area contributed by atoms with Crippen molar-refractivity contribution >= 4 is 6.21 Å². The molecule has 168 valence electrons. The van der Waals surface area contributed by atoms with E-state index in [4.69, 9.17) is 4.74 Å². The van der Waals surface area contributed by atoms with E-state index in [1.54, 1.807) is 6.07 Å². The summed E-state index contributed by atoms with van der Waals surface area (Å²) in [6, 6.07) is 4.32. The molecule has 0 aromatic heterocycles. The summed E-state index contributed by atoms with van der Waals surface area (Å²) >= 11 is 0. The number of hydrazone groups is 1. The second-order valence-electron chi connectivity index (χ2n) is 6.26. The van der Waals surface area contributed by atoms with Gasteiger partial charge in [0.05, 0.1) is 6.21 Å². The lowest BCUT2D eigenvalue weighted by Gasteiger charge is -2.27. The minimum Gasteiger partial charge on any atom is -0.489 e. The number of nitrogens with one attached hydrogen (secondary N) is 1. The van der Waals surface area contributed by atoms with Crippen LogP contribution < -0.4 is 10.2 Å². The van der Waals surface area contributed by atoms with Crippen molar-refractivity contribution in [3.63, 3.8) is 0 Å². The average Bonchev–Trinajstić information content (AvgIpc) is 2.67. The number of rotatable bonds is 9. The van der Waals surface area contributed by atoms with Crippen molar-refractivity contribution in [3.05, 3.63) is 77.6 Å². The molecule has 0 aliphatic rings. The summed E-state index contributed by atoms with van der Waals surface area (Å²) in [6.45, 7) is 3.45. The monoisotopic (exact) mass is 452 g/mol. The molecule has 0 atom stereocenters. The normalized spacial score (nSPS) is 12.8. The van der Waals surface area contributed by atoms with Gasteiger partial charge in [0.1, 0.15) is 18.2 Å². The van der Waals surface area contributed by atoms with E-state index in [9.17, 15) is 35.1 Å². The Morgan fingerprint density at radius 1 is 0.968 bits per heavy atom. The molecule has 0 saturated heterocycles. The zero-order chi connectivity index (χ0) is 23.3. The maximum absolute atomic E-state index is 13.7. The first-order valence-corrected chi connectivity index (χ1v) is 8.61. The SMILES string of the molecule is C=CCc1cc(/C=N/NC(F)(F)C(F)(F)C(F)(F)F)ccc1OCc1ccccc1F. The molecule has 0 spiro atoms. The molecule has 1 N–H and O–H groups in total. The van der Waals surface area contributed by atoms with Crippen LogP contribution in [0.25, 0.3) is 0 Å². The van der Waals surface area contributed by atoms with Gasteiger partial charge in [-0.25, -0.2) is 9.82 Å². The minimum absolute atomic E-state index is 0.105. The topological polar surface area (TPSA) is 33.6 Å². The Hall–Kier alpha value is -3.11. The highest BCUT2D eigenvalue weighted by molar-refractivity contribution is 5.80. The molecule has 3 nitrogen and oxygen atoms in total. The second-order valence-corrected chi connectivity index (χ2v) is 6.26. The van der Waals surface area contributed by atoms with Crippen molar-refractivity contribution < 1.29 is 39.9 Å². The molecule has 2 rings (SSSR count). The van der Waals surface area contributed by atoms with Crippen LogP contribution in [0.5, 0.6) is 5.75 Å². The minimum atomic E-state index is -6.46. The van der Waals surface area contributed by atoms with Crippen molar-refractivity contribution in [2.75, 3.05) is 0 Å². The van der Waals surface area contributed by atoms with Crippen LogP contribution in [0.1, 0.15) is 16.7 Å². The third-order valence-electron chi connectivity index (χ3n) is 3.96. The first-order chi connectivity index (χ1) is 14.4. The fourth-order valence-corrected chi connectivity index (χ4v) is 2.34. The van der Waals surface area contributed by atoms with Gasteiger partial charge in [-0.3, -0.25) is 0 Å². The second kappa shape index (κ2) is 9.36. The number of alkyl halides is 7. The van der Waals surface area contributed by atoms with Crippen molar-refractivity contribution in [2.24, 2.45) is 5.10 Å². The molecular weight excluding hydrogens is 436 g/mol. The smallest absolute Gasteiger partial charge is 0.462 e. The number of halogens is 8. The van der Waals surface area contributed by atoms with Gasteiger partial charge in [0.15, 0.2) is 0 Å². The molecule has 0 amide bonds. The van der Waals surface area contributed by atoms with E-state index in [0.29, 0.717) is 23.0 Å². The van der Waals surface area contributed by atoms with E-state index in [-0.39, 0.29) is 24.2 Å². The lowest BCUT2D eigenvalue weighted by atomic mass is 10.1. The van der Waals surface area contributed by atoms with Gasteiger partial charge < -0.3 is 4.74 Å². The summed E-state index contributed by atoms with van der Waals surface area (Å²) in [4.78, 5) is 0. The van der Waals surface area contributed by atoms with Crippen LogP contribution in [-0.2, 0) is 13.0 Å². The van der Waals surface area contributed by atoms with Gasteiger partial charge in [0, 0.05) is 5.56 Å². The Balaban J connectivity index is 2.15. The van der Waals surface area contributed by atoms with E-state index in [2.05, 4.69) is 11.7 Å². The van der Waals surface area contributed by atoms with E-state index >= 15 is 0 Å². The molecule has 11 heteroatoms. The highest BCUT2D eigenvalue weighted by atomic mass is 19.4. The average molecular weight is 452 g/mol. The van der Waals surface area contributed by atoms with Crippen LogP contribution in [-0.4, -0.2) is 24.4 Å². The quantitative estimate of drug-likeness (QED) is 0.170. The van der Waals surface area contributed by atoms with Crippen LogP contribution in [0.15, 0.2) is 60.2 Å². The Labute approximate surface area is 172 Å². The fourth-order valence-electron chi connectivity index (χ4n) is 2.34. The molecule has 0 aliphatic carbocycles. The van der Waals surface area contributed by atoms with Gasteiger partial charge in [-0.1, -0.05) is 24.3 Å². The molecular formula is C20H16F8N2O. The predicted molar refractivity (Wildman–Crippen MR) is 97.8 cm³/mol. The van der Waals surface area contributed by atoms with E-state index < -0.39 is 24.0 Å². The molecule has 0 radical (unpaired) electrons. The van der Waals surface area contributed by atoms with Crippen LogP contribution in [0.4, 0.5) is 35.1 Å². The number of hydrogen-bond acceptors (Lipinski definition) is 3. The molecule has 0 heterocycles. The van der Waals surface area contributed by atoms with Gasteiger partial charge in [-0.15, -0.1) is 6.58 Å². The molecule has 0 unspecified atom stereocenters. The van der Waals surface area contributed by atoms with Gasteiger partial charge >= 0.3 is 18.1 Å². The van der Waals surface area contributed by atoms with E-state index in [0.717, 1.165) is 0 Å². The third kappa shape index (κ3) is 5.74. The molecule has 31 heavy (non-hydrogen) atoms. The summed E-state index contributed by atoms with van der Waals surface area (Å²) in [5.41, 5.74) is 1.41. The van der Waals surface area contributed by atoms with Crippen LogP contribution in [0.3, 0.4) is 0 Å². The summed E-state index contributed by atoms with van der Waals surface area (Å²) in [7, 11) is 0. The van der Waals surface area contributed by atoms with Gasteiger partial charge in [-0.2, -0.15) is 35.8 Å². The van der Waals surface area contributed by atoms with E-state index in [1.807, 2.05) is 0 Å². The third-order valence-corrected chi connectivity index (χ3v) is 3.96. The predicted octanol–water partition coefficient (Wildman–Crippen LogP) is 5.85. The number of hydrogen-bond donors (Lipinski definition) is 1. The fraction of sp³-hybridized carbons (Fsp3) is 0.250. The van der Waals surface area contributed by atoms with Gasteiger partial charge in [-0.05, 0) is 41.8 Å². The van der Waals surface area contributed by atoms with Crippen molar-refractivity contribution in [1.29, 1.82) is 0 Å². The van der Waals surface area contributed by atoms with E-state index in [1.165, 1.54) is 42.5 Å². The molecule has 2 aromatic carbocycles. The van der Waals surface area contributed by atoms with Gasteiger partial charge in [0.25, 0.3) is 0 Å². The summed E-state index contributed by atoms with van der Waals surface area (Å²) in [5.74, 6) is -6.49. The molecule has 0 fully saturated rings. The molecule has 0 aliphatic heterocycles. The largest absolute Gasteiger partial charge is 0.489 e. The maximum atomic E-state index is 13.7. The molecule has 0 saturated carbocycles. The zero-order valence-electron chi connectivity index (χ0n) is 15.7. The molecule has 2 aromatic rings. The van der Waals surface area contributed by atoms with Crippen LogP contribution in [0.2, 0.25) is 0 Å². The lowest BCUT2D eigenvalue weighted by molar-refractivity contribution is -0.361. The number of nitrogens with zero attached hydrogens (tertiary/aromatic N) is 1. The Bertz CT molecular complexity index is 941. The first-order valence-electron chi connectivity index (χ1n) is 8.61. The molecule has 0 bridgehead atoms. The van der Waals surface area contributed by atoms with Crippen LogP contribution >= 0.6 is 0 Å². The lowest BCUT2D eigenvalue weighted by Crippen LogP contribution is -2.58. The standard InChI is InChI=1S/C20H16F8N2O/c1-2-5-14-10-13(11-29-30-20(27,28)18(22,23)19(24,25)26)8-9-17(14)31-12-15-6-3-4-7-16(15)21/h2-4,6-11,30H,1,5,12H2/b29-11+. The highest BCUT2D eigenvalue weighted by Gasteiger charge is 2.73.